The molecule has 0 saturated heterocycles. The van der Waals surface area contributed by atoms with Gasteiger partial charge in [-0.15, -0.1) is 0 Å². The molecule has 21 heavy (non-hydrogen) atoms. The van der Waals surface area contributed by atoms with E-state index in [0.717, 1.165) is 18.8 Å². The summed E-state index contributed by atoms with van der Waals surface area (Å²) < 4.78 is 5.59. The molecule has 1 aromatic carbocycles. The number of hydrogen-bond acceptors (Lipinski definition) is 4. The highest BCUT2D eigenvalue weighted by molar-refractivity contribution is 5.87. The molecule has 0 radical (unpaired) electrons. The maximum Gasteiger partial charge on any atom is 0.335 e. The lowest BCUT2D eigenvalue weighted by atomic mass is 10.2. The van der Waals surface area contributed by atoms with E-state index in [1.54, 1.807) is 18.3 Å². The number of aromatic nitrogens is 1. The number of ether oxygens (including phenoxy) is 1. The Kier molecular flexibility index (Phi) is 5.29. The number of aromatic carboxylic acids is 1. The summed E-state index contributed by atoms with van der Waals surface area (Å²) in [6, 6.07) is 12.3. The molecule has 1 N–H and O–H groups in total. The van der Waals surface area contributed by atoms with Crippen molar-refractivity contribution < 1.29 is 14.6 Å². The summed E-state index contributed by atoms with van der Waals surface area (Å²) in [5.41, 5.74) is 1.28. The van der Waals surface area contributed by atoms with E-state index in [1.165, 1.54) is 12.1 Å². The van der Waals surface area contributed by atoms with Gasteiger partial charge in [0.15, 0.2) is 0 Å². The second-order valence-electron chi connectivity index (χ2n) is 4.74. The molecule has 0 spiro atoms. The first-order valence-corrected chi connectivity index (χ1v) is 6.70. The van der Waals surface area contributed by atoms with Crippen LogP contribution in [0.2, 0.25) is 0 Å². The third-order valence-corrected chi connectivity index (χ3v) is 3.00. The summed E-state index contributed by atoms with van der Waals surface area (Å²) in [6.45, 7) is 2.06. The number of hydrogen-bond donors (Lipinski definition) is 1. The minimum atomic E-state index is -0.934. The van der Waals surface area contributed by atoms with Crippen LogP contribution in [0.3, 0.4) is 0 Å². The van der Waals surface area contributed by atoms with Gasteiger partial charge in [0.25, 0.3) is 0 Å². The molecular formula is C16H18N2O3. The summed E-state index contributed by atoms with van der Waals surface area (Å²) in [5.74, 6) is -0.261. The lowest BCUT2D eigenvalue weighted by Crippen LogP contribution is -2.24. The van der Waals surface area contributed by atoms with Crippen molar-refractivity contribution in [3.63, 3.8) is 0 Å². The average molecular weight is 286 g/mol. The van der Waals surface area contributed by atoms with Crippen molar-refractivity contribution in [1.82, 2.24) is 9.88 Å². The van der Waals surface area contributed by atoms with Gasteiger partial charge >= 0.3 is 5.97 Å². The Balaban J connectivity index is 1.74. The zero-order chi connectivity index (χ0) is 15.1. The molecule has 0 fully saturated rings. The second kappa shape index (κ2) is 7.40. The maximum atomic E-state index is 10.7. The lowest BCUT2D eigenvalue weighted by molar-refractivity contribution is 0.0697. The summed E-state index contributed by atoms with van der Waals surface area (Å²) in [7, 11) is 2.01. The monoisotopic (exact) mass is 286 g/mol. The van der Waals surface area contributed by atoms with Gasteiger partial charge in [-0.25, -0.2) is 4.79 Å². The van der Waals surface area contributed by atoms with Crippen molar-refractivity contribution in [3.8, 4) is 5.75 Å². The quantitative estimate of drug-likeness (QED) is 0.846. The van der Waals surface area contributed by atoms with Crippen molar-refractivity contribution in [1.29, 1.82) is 0 Å². The van der Waals surface area contributed by atoms with Crippen LogP contribution < -0.4 is 4.74 Å². The number of likely N-dealkylation sites (N-methyl/N-ethyl adjacent to an activating group) is 1. The molecule has 2 aromatic rings. The zero-order valence-corrected chi connectivity index (χ0v) is 11.9. The number of benzene rings is 1. The maximum absolute atomic E-state index is 10.7. The van der Waals surface area contributed by atoms with E-state index < -0.39 is 5.97 Å². The summed E-state index contributed by atoms with van der Waals surface area (Å²) >= 11 is 0. The van der Waals surface area contributed by atoms with Crippen LogP contribution in [-0.2, 0) is 6.54 Å². The van der Waals surface area contributed by atoms with E-state index in [0.29, 0.717) is 12.4 Å². The van der Waals surface area contributed by atoms with Crippen LogP contribution in [-0.4, -0.2) is 41.2 Å². The number of pyridine rings is 1. The van der Waals surface area contributed by atoms with Crippen molar-refractivity contribution in [3.05, 3.63) is 59.9 Å². The highest BCUT2D eigenvalue weighted by atomic mass is 16.5. The van der Waals surface area contributed by atoms with E-state index in [1.807, 2.05) is 25.2 Å². The predicted octanol–water partition coefficient (Wildman–Crippen LogP) is 2.29. The smallest absolute Gasteiger partial charge is 0.335 e. The normalized spacial score (nSPS) is 10.6. The third-order valence-electron chi connectivity index (χ3n) is 3.00. The SMILES string of the molecule is CN(CCOc1ccc(C(=O)O)cc1)Cc1ccccn1. The van der Waals surface area contributed by atoms with E-state index >= 15 is 0 Å². The first-order valence-electron chi connectivity index (χ1n) is 6.70. The van der Waals surface area contributed by atoms with Crippen LogP contribution in [0.15, 0.2) is 48.7 Å². The molecule has 0 aliphatic heterocycles. The Morgan fingerprint density at radius 3 is 2.62 bits per heavy atom. The Hall–Kier alpha value is -2.40. The number of carboxylic acids is 1. The van der Waals surface area contributed by atoms with E-state index in [-0.39, 0.29) is 5.56 Å². The molecule has 0 atom stereocenters. The van der Waals surface area contributed by atoms with Gasteiger partial charge in [0.1, 0.15) is 12.4 Å². The number of rotatable bonds is 7. The van der Waals surface area contributed by atoms with Crippen molar-refractivity contribution in [2.24, 2.45) is 0 Å². The molecule has 5 heteroatoms. The van der Waals surface area contributed by atoms with Gasteiger partial charge in [-0.05, 0) is 43.4 Å². The van der Waals surface area contributed by atoms with Crippen LogP contribution in [0.4, 0.5) is 0 Å². The third kappa shape index (κ3) is 4.89. The molecule has 0 unspecified atom stereocenters. The molecule has 0 saturated carbocycles. The average Bonchev–Trinajstić information content (AvgIpc) is 2.49. The number of nitrogens with zero attached hydrogens (tertiary/aromatic N) is 2. The minimum Gasteiger partial charge on any atom is -0.492 e. The van der Waals surface area contributed by atoms with E-state index in [9.17, 15) is 4.79 Å². The van der Waals surface area contributed by atoms with Crippen molar-refractivity contribution >= 4 is 5.97 Å². The first-order chi connectivity index (χ1) is 10.1. The van der Waals surface area contributed by atoms with Crippen LogP contribution in [0.25, 0.3) is 0 Å². The van der Waals surface area contributed by atoms with Gasteiger partial charge in [0.2, 0.25) is 0 Å². The van der Waals surface area contributed by atoms with Crippen LogP contribution in [0.1, 0.15) is 16.1 Å². The molecule has 0 aliphatic carbocycles. The Bertz CT molecular complexity index is 570. The molecule has 0 aliphatic rings. The summed E-state index contributed by atoms with van der Waals surface area (Å²) in [6.07, 6.45) is 1.78. The zero-order valence-electron chi connectivity index (χ0n) is 11.9. The fourth-order valence-electron chi connectivity index (χ4n) is 1.86. The van der Waals surface area contributed by atoms with Crippen molar-refractivity contribution in [2.45, 2.75) is 6.54 Å². The number of carboxylic acid groups (broad SMARTS) is 1. The van der Waals surface area contributed by atoms with Crippen molar-refractivity contribution in [2.75, 3.05) is 20.2 Å². The van der Waals surface area contributed by atoms with Gasteiger partial charge in [-0.3, -0.25) is 9.88 Å². The fourth-order valence-corrected chi connectivity index (χ4v) is 1.86. The molecule has 0 amide bonds. The topological polar surface area (TPSA) is 62.7 Å². The van der Waals surface area contributed by atoms with E-state index in [2.05, 4.69) is 9.88 Å². The molecule has 110 valence electrons. The number of carbonyl (C=O) groups is 1. The van der Waals surface area contributed by atoms with Gasteiger partial charge < -0.3 is 9.84 Å². The fraction of sp³-hybridized carbons (Fsp3) is 0.250. The minimum absolute atomic E-state index is 0.259. The lowest BCUT2D eigenvalue weighted by Gasteiger charge is -2.16. The summed E-state index contributed by atoms with van der Waals surface area (Å²) in [5, 5.41) is 8.81. The molecule has 5 nitrogen and oxygen atoms in total. The Morgan fingerprint density at radius 2 is 2.00 bits per heavy atom. The molecule has 1 aromatic heterocycles. The predicted molar refractivity (Wildman–Crippen MR) is 79.5 cm³/mol. The first kappa shape index (κ1) is 15.0. The van der Waals surface area contributed by atoms with Gasteiger partial charge in [-0.1, -0.05) is 6.07 Å². The Morgan fingerprint density at radius 1 is 1.24 bits per heavy atom. The van der Waals surface area contributed by atoms with Gasteiger partial charge in [0, 0.05) is 19.3 Å². The molecule has 0 bridgehead atoms. The van der Waals surface area contributed by atoms with E-state index in [4.69, 9.17) is 9.84 Å². The standard InChI is InChI=1S/C16H18N2O3/c1-18(12-14-4-2-3-9-17-14)10-11-21-15-7-5-13(6-8-15)16(19)20/h2-9H,10-12H2,1H3,(H,19,20). The van der Waals surface area contributed by atoms with Crippen LogP contribution in [0, 0.1) is 0 Å². The molecular weight excluding hydrogens is 268 g/mol. The van der Waals surface area contributed by atoms with Gasteiger partial charge in [-0.2, -0.15) is 0 Å². The second-order valence-corrected chi connectivity index (χ2v) is 4.74. The highest BCUT2D eigenvalue weighted by Gasteiger charge is 2.04. The largest absolute Gasteiger partial charge is 0.492 e. The molecule has 1 heterocycles. The highest BCUT2D eigenvalue weighted by Crippen LogP contribution is 2.12. The summed E-state index contributed by atoms with van der Waals surface area (Å²) in [4.78, 5) is 17.1. The van der Waals surface area contributed by atoms with Crippen LogP contribution >= 0.6 is 0 Å². The molecule has 2 rings (SSSR count). The van der Waals surface area contributed by atoms with Crippen LogP contribution in [0.5, 0.6) is 5.75 Å². The van der Waals surface area contributed by atoms with Gasteiger partial charge in [0.05, 0.1) is 11.3 Å². The Labute approximate surface area is 123 Å².